The molecule has 0 bridgehead atoms. The lowest BCUT2D eigenvalue weighted by Gasteiger charge is -2.32. The van der Waals surface area contributed by atoms with Crippen molar-refractivity contribution in [2.24, 2.45) is 0 Å². The number of rotatable bonds is 2. The van der Waals surface area contributed by atoms with Crippen molar-refractivity contribution < 1.29 is 22.8 Å². The van der Waals surface area contributed by atoms with E-state index in [1.807, 2.05) is 0 Å². The first-order valence-corrected chi connectivity index (χ1v) is 9.02. The molecule has 1 aliphatic rings. The van der Waals surface area contributed by atoms with E-state index in [1.165, 1.54) is 30.3 Å². The van der Waals surface area contributed by atoms with Crippen LogP contribution >= 0.6 is 34.8 Å². The Kier molecular flexibility index (Phi) is 4.45. The second-order valence-electron chi connectivity index (χ2n) is 6.15. The second kappa shape index (κ2) is 6.51. The molecule has 1 aliphatic heterocycles. The topological polar surface area (TPSA) is 76.0 Å². The van der Waals surface area contributed by atoms with Crippen LogP contribution in [0.2, 0.25) is 15.1 Å². The van der Waals surface area contributed by atoms with Crippen LogP contribution in [-0.2, 0) is 10.5 Å². The molecule has 6 nitrogen and oxygen atoms in total. The van der Waals surface area contributed by atoms with Crippen molar-refractivity contribution in [2.45, 2.75) is 11.8 Å². The molecule has 2 amide bonds. The number of aromatic nitrogens is 2. The van der Waals surface area contributed by atoms with Crippen LogP contribution in [0.15, 0.2) is 36.4 Å². The summed E-state index contributed by atoms with van der Waals surface area (Å²) in [5.74, 6) is -3.09. The molecule has 1 unspecified atom stereocenters. The number of imidazole rings is 1. The first-order chi connectivity index (χ1) is 13.5. The van der Waals surface area contributed by atoms with Gasteiger partial charge >= 0.3 is 6.18 Å². The molecule has 12 heteroatoms. The Morgan fingerprint density at radius 2 is 1.83 bits per heavy atom. The fraction of sp³-hybridized carbons (Fsp3) is 0.118. The Bertz CT molecular complexity index is 1190. The van der Waals surface area contributed by atoms with E-state index >= 15 is 0 Å². The number of carbonyl (C=O) groups excluding carboxylic acids is 2. The first-order valence-electron chi connectivity index (χ1n) is 7.89. The fourth-order valence-corrected chi connectivity index (χ4v) is 3.60. The lowest BCUT2D eigenvalue weighted by molar-refractivity contribution is -0.213. The maximum Gasteiger partial charge on any atom is 0.440 e. The molecular weight excluding hydrogens is 456 g/mol. The highest BCUT2D eigenvalue weighted by Crippen LogP contribution is 2.45. The van der Waals surface area contributed by atoms with E-state index in [0.717, 1.165) is 6.07 Å². The van der Waals surface area contributed by atoms with E-state index in [4.69, 9.17) is 34.8 Å². The van der Waals surface area contributed by atoms with Gasteiger partial charge in [0.15, 0.2) is 0 Å². The van der Waals surface area contributed by atoms with Gasteiger partial charge in [0, 0.05) is 10.6 Å². The zero-order valence-corrected chi connectivity index (χ0v) is 16.2. The molecule has 4 rings (SSSR count). The lowest BCUT2D eigenvalue weighted by atomic mass is 10.1. The van der Waals surface area contributed by atoms with Gasteiger partial charge in [0.25, 0.3) is 17.5 Å². The Balaban J connectivity index is 1.93. The number of anilines is 1. The van der Waals surface area contributed by atoms with Crippen molar-refractivity contribution in [2.75, 3.05) is 5.32 Å². The summed E-state index contributed by atoms with van der Waals surface area (Å²) in [6.07, 6.45) is -5.23. The molecule has 2 N–H and O–H groups in total. The predicted molar refractivity (Wildman–Crippen MR) is 101 cm³/mol. The summed E-state index contributed by atoms with van der Waals surface area (Å²) in [5.41, 5.74) is -3.70. The van der Waals surface area contributed by atoms with E-state index in [-0.39, 0.29) is 31.7 Å². The lowest BCUT2D eigenvalue weighted by Crippen LogP contribution is -2.63. The van der Waals surface area contributed by atoms with Crippen LogP contribution in [0.3, 0.4) is 0 Å². The molecule has 29 heavy (non-hydrogen) atoms. The Morgan fingerprint density at radius 1 is 1.14 bits per heavy atom. The first kappa shape index (κ1) is 19.8. The molecule has 0 aliphatic carbocycles. The third-order valence-electron chi connectivity index (χ3n) is 4.38. The van der Waals surface area contributed by atoms with Crippen LogP contribution < -0.4 is 10.6 Å². The third-order valence-corrected chi connectivity index (χ3v) is 5.33. The molecule has 0 saturated carbocycles. The molecule has 0 fully saturated rings. The quantitative estimate of drug-likeness (QED) is 0.583. The number of hydrogen-bond donors (Lipinski definition) is 2. The minimum atomic E-state index is -5.23. The summed E-state index contributed by atoms with van der Waals surface area (Å²) in [6, 6.07) is 7.69. The minimum Gasteiger partial charge on any atom is -0.313 e. The van der Waals surface area contributed by atoms with Gasteiger partial charge in [-0.2, -0.15) is 13.2 Å². The molecule has 1 aromatic heterocycles. The van der Waals surface area contributed by atoms with Crippen molar-refractivity contribution in [3.63, 3.8) is 0 Å². The molecule has 150 valence electrons. The fourth-order valence-electron chi connectivity index (χ4n) is 3.09. The molecule has 2 aromatic carbocycles. The van der Waals surface area contributed by atoms with Crippen LogP contribution in [0.1, 0.15) is 10.4 Å². The van der Waals surface area contributed by atoms with Gasteiger partial charge in [0.2, 0.25) is 5.95 Å². The number of nitrogens with one attached hydrogen (secondary N) is 2. The average molecular weight is 464 g/mol. The van der Waals surface area contributed by atoms with Crippen molar-refractivity contribution in [1.82, 2.24) is 14.9 Å². The van der Waals surface area contributed by atoms with E-state index in [2.05, 4.69) is 10.3 Å². The maximum atomic E-state index is 14.3. The van der Waals surface area contributed by atoms with E-state index in [1.54, 1.807) is 5.32 Å². The second-order valence-corrected chi connectivity index (χ2v) is 7.40. The molecule has 0 saturated heterocycles. The van der Waals surface area contributed by atoms with E-state index < -0.39 is 29.6 Å². The summed E-state index contributed by atoms with van der Waals surface area (Å²) in [6.45, 7) is 0. The summed E-state index contributed by atoms with van der Waals surface area (Å²) < 4.78 is 43.4. The predicted octanol–water partition coefficient (Wildman–Crippen LogP) is 4.59. The number of alkyl halides is 3. The number of nitrogens with zero attached hydrogens (tertiary/aromatic N) is 2. The van der Waals surface area contributed by atoms with Gasteiger partial charge < -0.3 is 5.32 Å². The maximum absolute atomic E-state index is 14.3. The largest absolute Gasteiger partial charge is 0.440 e. The number of hydrogen-bond acceptors (Lipinski definition) is 3. The van der Waals surface area contributed by atoms with Crippen LogP contribution in [0.4, 0.5) is 19.1 Å². The van der Waals surface area contributed by atoms with Gasteiger partial charge in [-0.05, 0) is 30.3 Å². The Labute approximate surface area is 175 Å². The monoisotopic (exact) mass is 462 g/mol. The number of carbonyl (C=O) groups is 2. The van der Waals surface area contributed by atoms with E-state index in [9.17, 15) is 22.8 Å². The van der Waals surface area contributed by atoms with Gasteiger partial charge in [-0.1, -0.05) is 40.9 Å². The van der Waals surface area contributed by atoms with Crippen molar-refractivity contribution in [3.05, 3.63) is 57.0 Å². The smallest absolute Gasteiger partial charge is 0.313 e. The highest BCUT2D eigenvalue weighted by Gasteiger charge is 2.67. The van der Waals surface area contributed by atoms with Crippen molar-refractivity contribution in [1.29, 1.82) is 0 Å². The van der Waals surface area contributed by atoms with Gasteiger partial charge in [0.05, 0.1) is 21.1 Å². The Hall–Kier alpha value is -2.49. The number of amides is 2. The van der Waals surface area contributed by atoms with Gasteiger partial charge in [-0.3, -0.25) is 19.5 Å². The van der Waals surface area contributed by atoms with Gasteiger partial charge in [0.1, 0.15) is 0 Å². The normalized spacial score (nSPS) is 18.6. The number of halogens is 6. The SMILES string of the molecule is O=C(NC1(C(F)(F)F)C(=O)Nc2nc3cc(Cl)c(Cl)cc3n21)c1cccc(Cl)c1. The average Bonchev–Trinajstić information content (AvgIpc) is 3.09. The minimum absolute atomic E-state index is 0.0431. The van der Waals surface area contributed by atoms with Gasteiger partial charge in [-0.25, -0.2) is 4.98 Å². The zero-order chi connectivity index (χ0) is 21.1. The zero-order valence-electron chi connectivity index (χ0n) is 13.9. The van der Waals surface area contributed by atoms with Crippen LogP contribution in [0, 0.1) is 0 Å². The molecular formula is C17H8Cl3F3N4O2. The summed E-state index contributed by atoms with van der Waals surface area (Å²) in [4.78, 5) is 29.1. The Morgan fingerprint density at radius 3 is 2.48 bits per heavy atom. The molecule has 0 radical (unpaired) electrons. The van der Waals surface area contributed by atoms with E-state index in [0.29, 0.717) is 4.57 Å². The summed E-state index contributed by atoms with van der Waals surface area (Å²) >= 11 is 17.7. The number of benzene rings is 2. The van der Waals surface area contributed by atoms with Crippen molar-refractivity contribution >= 4 is 63.6 Å². The highest BCUT2D eigenvalue weighted by molar-refractivity contribution is 6.42. The standard InChI is InChI=1S/C17H8Cl3F3N4O2/c18-8-3-1-2-7(4-8)13(28)26-16(17(21,22)23)14(29)25-15-24-11-5-9(19)10(20)6-12(11)27(15)16/h1-6H,(H,26,28)(H,24,25,29). The van der Waals surface area contributed by atoms with Crippen LogP contribution in [-0.4, -0.2) is 27.5 Å². The van der Waals surface area contributed by atoms with Gasteiger partial charge in [-0.15, -0.1) is 0 Å². The third kappa shape index (κ3) is 2.92. The summed E-state index contributed by atoms with van der Waals surface area (Å²) in [5, 5.41) is 4.04. The van der Waals surface area contributed by atoms with Crippen molar-refractivity contribution in [3.8, 4) is 0 Å². The summed E-state index contributed by atoms with van der Waals surface area (Å²) in [7, 11) is 0. The number of fused-ring (bicyclic) bond motifs is 3. The molecule has 1 atom stereocenters. The molecule has 0 spiro atoms. The molecule has 3 aromatic rings. The van der Waals surface area contributed by atoms with Crippen LogP contribution in [0.5, 0.6) is 0 Å². The highest BCUT2D eigenvalue weighted by atomic mass is 35.5. The van der Waals surface area contributed by atoms with Crippen LogP contribution in [0.25, 0.3) is 11.0 Å². The molecule has 2 heterocycles.